The molecule has 0 aliphatic heterocycles. The number of nitro groups is 1. The molecule has 0 aromatic heterocycles. The van der Waals surface area contributed by atoms with Gasteiger partial charge in [0.2, 0.25) is 10.0 Å². The fraction of sp³-hybridized carbons (Fsp3) is 0.278. The van der Waals surface area contributed by atoms with E-state index in [1.807, 2.05) is 0 Å². The molecule has 0 saturated heterocycles. The van der Waals surface area contributed by atoms with Crippen molar-refractivity contribution in [1.29, 1.82) is 0 Å². The number of carbonyl (C=O) groups is 1. The number of amides is 1. The molecule has 0 aliphatic carbocycles. The molecule has 0 atom stereocenters. The Morgan fingerprint density at radius 2 is 1.78 bits per heavy atom. The van der Waals surface area contributed by atoms with Crippen LogP contribution in [0.5, 0.6) is 0 Å². The van der Waals surface area contributed by atoms with Gasteiger partial charge in [-0.25, -0.2) is 8.42 Å². The maximum atomic E-state index is 12.6. The van der Waals surface area contributed by atoms with Gasteiger partial charge in [0.1, 0.15) is 0 Å². The molecule has 1 N–H and O–H groups in total. The van der Waals surface area contributed by atoms with E-state index in [0.29, 0.717) is 18.8 Å². The Morgan fingerprint density at radius 3 is 2.37 bits per heavy atom. The van der Waals surface area contributed by atoms with Crippen LogP contribution in [0.2, 0.25) is 0 Å². The lowest BCUT2D eigenvalue weighted by atomic mass is 10.1. The van der Waals surface area contributed by atoms with Gasteiger partial charge in [0.05, 0.1) is 9.82 Å². The zero-order valence-electron chi connectivity index (χ0n) is 15.3. The Morgan fingerprint density at radius 1 is 1.15 bits per heavy atom. The number of nitrogens with one attached hydrogen (secondary N) is 1. The highest BCUT2D eigenvalue weighted by atomic mass is 32.2. The van der Waals surface area contributed by atoms with Gasteiger partial charge < -0.3 is 5.32 Å². The second-order valence-corrected chi connectivity index (χ2v) is 7.72. The van der Waals surface area contributed by atoms with E-state index in [-0.39, 0.29) is 21.7 Å². The molecule has 1 amide bonds. The highest BCUT2D eigenvalue weighted by Crippen LogP contribution is 2.23. The van der Waals surface area contributed by atoms with Gasteiger partial charge >= 0.3 is 0 Å². The zero-order chi connectivity index (χ0) is 20.2. The Balaban J connectivity index is 2.33. The van der Waals surface area contributed by atoms with Gasteiger partial charge in [0.25, 0.3) is 11.6 Å². The topological polar surface area (TPSA) is 110 Å². The first-order valence-corrected chi connectivity index (χ1v) is 9.82. The molecule has 0 radical (unpaired) electrons. The lowest BCUT2D eigenvalue weighted by Gasteiger charge is -2.19. The number of hydrogen-bond acceptors (Lipinski definition) is 5. The predicted octanol–water partition coefficient (Wildman–Crippen LogP) is 3.19. The third-order valence-electron chi connectivity index (χ3n) is 4.18. The van der Waals surface area contributed by atoms with Crippen LogP contribution < -0.4 is 5.32 Å². The number of nitrogens with zero attached hydrogens (tertiary/aromatic N) is 2. The van der Waals surface area contributed by atoms with Crippen molar-refractivity contribution in [3.05, 3.63) is 63.7 Å². The van der Waals surface area contributed by atoms with E-state index in [9.17, 15) is 23.3 Å². The van der Waals surface area contributed by atoms with Gasteiger partial charge in [0, 0.05) is 36.0 Å². The van der Waals surface area contributed by atoms with Gasteiger partial charge in [-0.3, -0.25) is 14.9 Å². The average Bonchev–Trinajstić information content (AvgIpc) is 2.62. The van der Waals surface area contributed by atoms with E-state index in [1.165, 1.54) is 47.6 Å². The number of benzene rings is 2. The number of sulfonamides is 1. The van der Waals surface area contributed by atoms with Crippen molar-refractivity contribution in [2.24, 2.45) is 0 Å². The highest BCUT2D eigenvalue weighted by Gasteiger charge is 2.22. The fourth-order valence-electron chi connectivity index (χ4n) is 2.71. The van der Waals surface area contributed by atoms with Gasteiger partial charge in [-0.15, -0.1) is 0 Å². The predicted molar refractivity (Wildman–Crippen MR) is 102 cm³/mol. The lowest BCUT2D eigenvalue weighted by molar-refractivity contribution is -0.385. The third kappa shape index (κ3) is 4.32. The normalized spacial score (nSPS) is 11.4. The van der Waals surface area contributed by atoms with E-state index in [0.717, 1.165) is 0 Å². The van der Waals surface area contributed by atoms with Crippen molar-refractivity contribution in [1.82, 2.24) is 4.31 Å². The summed E-state index contributed by atoms with van der Waals surface area (Å²) in [6, 6.07) is 10.2. The van der Waals surface area contributed by atoms with Crippen LogP contribution in [0, 0.1) is 17.0 Å². The Bertz CT molecular complexity index is 969. The third-order valence-corrected chi connectivity index (χ3v) is 6.23. The van der Waals surface area contributed by atoms with Gasteiger partial charge in [0.15, 0.2) is 0 Å². The largest absolute Gasteiger partial charge is 0.322 e. The number of rotatable bonds is 7. The van der Waals surface area contributed by atoms with Crippen LogP contribution in [0.3, 0.4) is 0 Å². The van der Waals surface area contributed by atoms with Crippen molar-refractivity contribution < 1.29 is 18.1 Å². The summed E-state index contributed by atoms with van der Waals surface area (Å²) < 4.78 is 26.5. The SMILES string of the molecule is CCN(CC)S(=O)(=O)c1cccc(NC(=O)c2cccc([N+](=O)[O-])c2C)c1. The smallest absolute Gasteiger partial charge is 0.273 e. The zero-order valence-corrected chi connectivity index (χ0v) is 16.1. The van der Waals surface area contributed by atoms with Crippen molar-refractivity contribution >= 4 is 27.3 Å². The minimum absolute atomic E-state index is 0.0692. The van der Waals surface area contributed by atoms with Crippen molar-refractivity contribution in [2.45, 2.75) is 25.7 Å². The van der Waals surface area contributed by atoms with Crippen molar-refractivity contribution in [2.75, 3.05) is 18.4 Å². The Hall–Kier alpha value is -2.78. The average molecular weight is 391 g/mol. The highest BCUT2D eigenvalue weighted by molar-refractivity contribution is 7.89. The first-order valence-electron chi connectivity index (χ1n) is 8.37. The molecule has 0 heterocycles. The number of hydrogen-bond donors (Lipinski definition) is 1. The van der Waals surface area contributed by atoms with Gasteiger partial charge in [-0.1, -0.05) is 26.0 Å². The standard InChI is InChI=1S/C18H21N3O5S/c1-4-20(5-2)27(25,26)15-9-6-8-14(12-15)19-18(22)16-10-7-11-17(13(16)3)21(23)24/h6-12H,4-5H2,1-3H3,(H,19,22). The maximum Gasteiger partial charge on any atom is 0.273 e. The Kier molecular flexibility index (Phi) is 6.29. The number of anilines is 1. The summed E-state index contributed by atoms with van der Waals surface area (Å²) in [4.78, 5) is 23.1. The van der Waals surface area contributed by atoms with Crippen LogP contribution in [-0.4, -0.2) is 36.6 Å². The van der Waals surface area contributed by atoms with E-state index in [2.05, 4.69) is 5.32 Å². The molecule has 0 unspecified atom stereocenters. The Labute approximate surface area is 158 Å². The van der Waals surface area contributed by atoms with E-state index >= 15 is 0 Å². The molecule has 0 aliphatic rings. The maximum absolute atomic E-state index is 12.6. The lowest BCUT2D eigenvalue weighted by Crippen LogP contribution is -2.30. The molecule has 0 bridgehead atoms. The molecule has 2 rings (SSSR count). The summed E-state index contributed by atoms with van der Waals surface area (Å²) in [5, 5.41) is 13.6. The summed E-state index contributed by atoms with van der Waals surface area (Å²) >= 11 is 0. The molecule has 8 nitrogen and oxygen atoms in total. The number of carbonyl (C=O) groups excluding carboxylic acids is 1. The summed E-state index contributed by atoms with van der Waals surface area (Å²) in [7, 11) is -3.66. The summed E-state index contributed by atoms with van der Waals surface area (Å²) in [5.74, 6) is -0.548. The molecule has 27 heavy (non-hydrogen) atoms. The van der Waals surface area contributed by atoms with Crippen LogP contribution in [-0.2, 0) is 10.0 Å². The summed E-state index contributed by atoms with van der Waals surface area (Å²) in [6.07, 6.45) is 0. The summed E-state index contributed by atoms with van der Waals surface area (Å²) in [6.45, 7) is 5.66. The van der Waals surface area contributed by atoms with E-state index in [4.69, 9.17) is 0 Å². The number of nitro benzene ring substituents is 1. The molecular formula is C18H21N3O5S. The van der Waals surface area contributed by atoms with Gasteiger partial charge in [-0.2, -0.15) is 4.31 Å². The van der Waals surface area contributed by atoms with Crippen LogP contribution in [0.25, 0.3) is 0 Å². The van der Waals surface area contributed by atoms with Crippen molar-refractivity contribution in [3.8, 4) is 0 Å². The minimum atomic E-state index is -3.66. The second kappa shape index (κ2) is 8.28. The van der Waals surface area contributed by atoms with Crippen molar-refractivity contribution in [3.63, 3.8) is 0 Å². The second-order valence-electron chi connectivity index (χ2n) is 5.78. The van der Waals surface area contributed by atoms with E-state index < -0.39 is 20.9 Å². The first-order chi connectivity index (χ1) is 12.7. The van der Waals surface area contributed by atoms with E-state index in [1.54, 1.807) is 19.9 Å². The molecule has 2 aromatic rings. The van der Waals surface area contributed by atoms with Crippen LogP contribution in [0.15, 0.2) is 47.4 Å². The monoisotopic (exact) mass is 391 g/mol. The molecule has 9 heteroatoms. The first kappa shape index (κ1) is 20.5. The van der Waals surface area contributed by atoms with Gasteiger partial charge in [-0.05, 0) is 31.2 Å². The minimum Gasteiger partial charge on any atom is -0.322 e. The van der Waals surface area contributed by atoms with Crippen LogP contribution in [0.1, 0.15) is 29.8 Å². The summed E-state index contributed by atoms with van der Waals surface area (Å²) in [5.41, 5.74) is 0.535. The molecule has 0 saturated carbocycles. The fourth-order valence-corrected chi connectivity index (χ4v) is 4.22. The molecule has 144 valence electrons. The quantitative estimate of drug-likeness (QED) is 0.576. The molecule has 0 fully saturated rings. The molecule has 0 spiro atoms. The molecular weight excluding hydrogens is 370 g/mol. The van der Waals surface area contributed by atoms with Crippen LogP contribution in [0.4, 0.5) is 11.4 Å². The van der Waals surface area contributed by atoms with Crippen LogP contribution >= 0.6 is 0 Å². The molecule has 2 aromatic carbocycles.